The number of phenolic OH excluding ortho intramolecular Hbond substituents is 1. The van der Waals surface area contributed by atoms with Gasteiger partial charge in [-0.3, -0.25) is 0 Å². The maximum absolute atomic E-state index is 10.5. The van der Waals surface area contributed by atoms with Crippen LogP contribution in [0.3, 0.4) is 0 Å². The Hall–Kier alpha value is -2.93. The molecule has 7 nitrogen and oxygen atoms in total. The van der Waals surface area contributed by atoms with Gasteiger partial charge in [-0.15, -0.1) is 10.2 Å². The van der Waals surface area contributed by atoms with Gasteiger partial charge in [0.1, 0.15) is 5.75 Å². The van der Waals surface area contributed by atoms with Crippen molar-refractivity contribution in [2.75, 3.05) is 18.5 Å². The average molecular weight is 376 g/mol. The van der Waals surface area contributed by atoms with Crippen LogP contribution in [0.5, 0.6) is 5.75 Å². The molecular formula is C21H24N6O. The highest BCUT2D eigenvalue weighted by atomic mass is 16.3. The van der Waals surface area contributed by atoms with Gasteiger partial charge in [0, 0.05) is 49.2 Å². The van der Waals surface area contributed by atoms with Crippen LogP contribution in [0.4, 0.5) is 5.82 Å². The van der Waals surface area contributed by atoms with Gasteiger partial charge in [0.15, 0.2) is 5.82 Å². The van der Waals surface area contributed by atoms with E-state index in [-0.39, 0.29) is 11.3 Å². The first kappa shape index (κ1) is 17.2. The highest BCUT2D eigenvalue weighted by molar-refractivity contribution is 5.69. The van der Waals surface area contributed by atoms with Crippen LogP contribution in [0.15, 0.2) is 49.1 Å². The van der Waals surface area contributed by atoms with Crippen molar-refractivity contribution in [2.24, 2.45) is 5.92 Å². The molecule has 5 rings (SSSR count). The van der Waals surface area contributed by atoms with Crippen LogP contribution in [0.2, 0.25) is 0 Å². The van der Waals surface area contributed by atoms with Gasteiger partial charge in [0.05, 0.1) is 17.7 Å². The topological polar surface area (TPSA) is 79.1 Å². The lowest BCUT2D eigenvalue weighted by molar-refractivity contribution is 0.356. The second kappa shape index (κ2) is 6.31. The van der Waals surface area contributed by atoms with E-state index in [1.54, 1.807) is 18.6 Å². The minimum atomic E-state index is 0.175. The third-order valence-corrected chi connectivity index (χ3v) is 6.28. The number of fused-ring (bicyclic) bond motifs is 2. The number of hydrogen-bond donors (Lipinski definition) is 2. The molecule has 2 fully saturated rings. The summed E-state index contributed by atoms with van der Waals surface area (Å²) in [5.74, 6) is 1.71. The number of aromatic nitrogens is 4. The molecule has 3 aromatic rings. The maximum Gasteiger partial charge on any atom is 0.151 e. The Kier molecular flexibility index (Phi) is 3.87. The number of nitrogens with one attached hydrogen (secondary N) is 1. The van der Waals surface area contributed by atoms with Crippen molar-refractivity contribution in [3.63, 3.8) is 0 Å². The number of imidazole rings is 1. The minimum Gasteiger partial charge on any atom is -0.507 e. The van der Waals surface area contributed by atoms with Gasteiger partial charge in [-0.25, -0.2) is 4.98 Å². The SMILES string of the molecule is CN(c1ccc(-c2ccc(-n3ccnc3)cc2O)nn1)[C@H]1C[C@@]2(C)CC1CN2. The van der Waals surface area contributed by atoms with Crippen molar-refractivity contribution in [1.82, 2.24) is 25.1 Å². The second-order valence-electron chi connectivity index (χ2n) is 8.24. The zero-order valence-electron chi connectivity index (χ0n) is 16.1. The fraction of sp³-hybridized carbons (Fsp3) is 0.381. The van der Waals surface area contributed by atoms with Gasteiger partial charge < -0.3 is 19.9 Å². The Morgan fingerprint density at radius 2 is 2.11 bits per heavy atom. The molecule has 2 aromatic heterocycles. The lowest BCUT2D eigenvalue weighted by atomic mass is 9.99. The van der Waals surface area contributed by atoms with E-state index < -0.39 is 0 Å². The molecule has 1 aliphatic heterocycles. The number of aromatic hydroxyl groups is 1. The normalized spacial score (nSPS) is 25.9. The molecule has 2 bridgehead atoms. The summed E-state index contributed by atoms with van der Waals surface area (Å²) in [6, 6.07) is 9.92. The molecule has 1 saturated carbocycles. The number of anilines is 1. The van der Waals surface area contributed by atoms with E-state index in [2.05, 4.69) is 39.4 Å². The summed E-state index contributed by atoms with van der Waals surface area (Å²) in [5.41, 5.74) is 2.44. The van der Waals surface area contributed by atoms with Crippen molar-refractivity contribution >= 4 is 5.82 Å². The fourth-order valence-electron chi connectivity index (χ4n) is 4.75. The van der Waals surface area contributed by atoms with Gasteiger partial charge >= 0.3 is 0 Å². The molecule has 2 aliphatic rings. The predicted molar refractivity (Wildman–Crippen MR) is 108 cm³/mol. The largest absolute Gasteiger partial charge is 0.507 e. The van der Waals surface area contributed by atoms with E-state index in [0.29, 0.717) is 23.2 Å². The van der Waals surface area contributed by atoms with Gasteiger partial charge in [0.2, 0.25) is 0 Å². The highest BCUT2D eigenvalue weighted by Gasteiger charge is 2.49. The molecule has 0 radical (unpaired) electrons. The molecule has 3 heterocycles. The molecule has 0 amide bonds. The van der Waals surface area contributed by atoms with Crippen molar-refractivity contribution in [1.29, 1.82) is 0 Å². The number of nitrogens with zero attached hydrogens (tertiary/aromatic N) is 5. The molecule has 0 spiro atoms. The molecule has 1 unspecified atom stereocenters. The molecule has 144 valence electrons. The predicted octanol–water partition coefficient (Wildman–Crippen LogP) is 2.61. The van der Waals surface area contributed by atoms with E-state index in [1.807, 2.05) is 35.0 Å². The second-order valence-corrected chi connectivity index (χ2v) is 8.24. The quantitative estimate of drug-likeness (QED) is 0.729. The summed E-state index contributed by atoms with van der Waals surface area (Å²) < 4.78 is 1.85. The molecule has 1 aliphatic carbocycles. The Bertz CT molecular complexity index is 987. The summed E-state index contributed by atoms with van der Waals surface area (Å²) in [6.07, 6.45) is 7.60. The smallest absolute Gasteiger partial charge is 0.151 e. The van der Waals surface area contributed by atoms with E-state index in [4.69, 9.17) is 0 Å². The van der Waals surface area contributed by atoms with Crippen LogP contribution >= 0.6 is 0 Å². The van der Waals surface area contributed by atoms with Gasteiger partial charge in [-0.05, 0) is 49.9 Å². The first-order chi connectivity index (χ1) is 13.5. The summed E-state index contributed by atoms with van der Waals surface area (Å²) in [7, 11) is 2.11. The Morgan fingerprint density at radius 3 is 2.71 bits per heavy atom. The molecule has 1 aromatic carbocycles. The third-order valence-electron chi connectivity index (χ3n) is 6.28. The Morgan fingerprint density at radius 1 is 1.21 bits per heavy atom. The van der Waals surface area contributed by atoms with Crippen molar-refractivity contribution in [2.45, 2.75) is 31.3 Å². The lowest BCUT2D eigenvalue weighted by Crippen LogP contribution is -2.47. The summed E-state index contributed by atoms with van der Waals surface area (Å²) in [6.45, 7) is 3.39. The van der Waals surface area contributed by atoms with Crippen LogP contribution in [0.25, 0.3) is 16.9 Å². The van der Waals surface area contributed by atoms with Crippen molar-refractivity contribution in [3.05, 3.63) is 49.1 Å². The monoisotopic (exact) mass is 376 g/mol. The van der Waals surface area contributed by atoms with Gasteiger partial charge in [-0.2, -0.15) is 0 Å². The van der Waals surface area contributed by atoms with E-state index in [0.717, 1.165) is 24.5 Å². The molecule has 7 heteroatoms. The van der Waals surface area contributed by atoms with Gasteiger partial charge in [-0.1, -0.05) is 0 Å². The van der Waals surface area contributed by atoms with Gasteiger partial charge in [0.25, 0.3) is 0 Å². The van der Waals surface area contributed by atoms with Crippen LogP contribution in [0, 0.1) is 5.92 Å². The molecule has 28 heavy (non-hydrogen) atoms. The molecular weight excluding hydrogens is 352 g/mol. The van der Waals surface area contributed by atoms with Crippen molar-refractivity contribution < 1.29 is 5.11 Å². The van der Waals surface area contributed by atoms with Crippen LogP contribution in [-0.4, -0.2) is 50.0 Å². The third kappa shape index (κ3) is 2.82. The van der Waals surface area contributed by atoms with E-state index in [1.165, 1.54) is 6.42 Å². The van der Waals surface area contributed by atoms with Crippen LogP contribution < -0.4 is 10.2 Å². The number of phenols is 1. The molecule has 1 saturated heterocycles. The van der Waals surface area contributed by atoms with E-state index >= 15 is 0 Å². The Balaban J connectivity index is 1.37. The van der Waals surface area contributed by atoms with Crippen molar-refractivity contribution in [3.8, 4) is 22.7 Å². The number of rotatable bonds is 4. The molecule has 2 N–H and O–H groups in total. The minimum absolute atomic E-state index is 0.175. The number of hydrogen-bond acceptors (Lipinski definition) is 6. The summed E-state index contributed by atoms with van der Waals surface area (Å²) in [4.78, 5) is 6.30. The first-order valence-electron chi connectivity index (χ1n) is 9.66. The highest BCUT2D eigenvalue weighted by Crippen LogP contribution is 2.42. The molecule has 3 atom stereocenters. The summed E-state index contributed by atoms with van der Waals surface area (Å²) >= 11 is 0. The maximum atomic E-state index is 10.5. The lowest BCUT2D eigenvalue weighted by Gasteiger charge is -2.34. The fourth-order valence-corrected chi connectivity index (χ4v) is 4.75. The van der Waals surface area contributed by atoms with Crippen LogP contribution in [0.1, 0.15) is 19.8 Å². The van der Waals surface area contributed by atoms with Crippen LogP contribution in [-0.2, 0) is 0 Å². The Labute approximate surface area is 164 Å². The summed E-state index contributed by atoms with van der Waals surface area (Å²) in [5, 5.41) is 22.9. The number of benzene rings is 1. The zero-order valence-corrected chi connectivity index (χ0v) is 16.1. The number of piperidine rings is 1. The zero-order chi connectivity index (χ0) is 19.3. The van der Waals surface area contributed by atoms with E-state index in [9.17, 15) is 5.11 Å². The average Bonchev–Trinajstić information content (AvgIpc) is 3.43. The first-order valence-corrected chi connectivity index (χ1v) is 9.66. The standard InChI is InChI=1S/C21H24N6O/c1-21-10-14(12-23-21)18(11-21)26(2)20-6-5-17(24-25-20)16-4-3-15(9-19(16)28)27-8-7-22-13-27/h3-9,13-14,18,23,28H,10-12H2,1-2H3/t14?,18-,21+/m0/s1.